The molecule has 4 heterocycles. The molecule has 8 heteroatoms. The highest BCUT2D eigenvalue weighted by Crippen LogP contribution is 2.28. The topological polar surface area (TPSA) is 63.4 Å². The van der Waals surface area contributed by atoms with Crippen LogP contribution in [-0.4, -0.2) is 54.4 Å². The lowest BCUT2D eigenvalue weighted by Crippen LogP contribution is -2.45. The highest BCUT2D eigenvalue weighted by atomic mass is 35.5. The second-order valence-corrected chi connectivity index (χ2v) is 7.18. The lowest BCUT2D eigenvalue weighted by molar-refractivity contribution is -0.0277. The summed E-state index contributed by atoms with van der Waals surface area (Å²) in [4.78, 5) is 8.11. The molecule has 0 aromatic carbocycles. The summed E-state index contributed by atoms with van der Waals surface area (Å²) in [5.74, 6) is 2.06. The molecule has 2 atom stereocenters. The number of halogens is 1. The molecule has 2 aromatic rings. The molecule has 2 saturated heterocycles. The SMILES string of the molecule is Cl.c1csc(-c2noc(C3COCCN3CC3CCCNC3)n2)c1. The number of ether oxygens (including phenoxy) is 1. The first-order valence-electron chi connectivity index (χ1n) is 8.30. The first-order chi connectivity index (χ1) is 11.4. The average molecular weight is 371 g/mol. The molecule has 0 bridgehead atoms. The summed E-state index contributed by atoms with van der Waals surface area (Å²) in [5.41, 5.74) is 0. The maximum absolute atomic E-state index is 5.67. The Balaban J connectivity index is 0.00000169. The van der Waals surface area contributed by atoms with Crippen LogP contribution in [0.5, 0.6) is 0 Å². The summed E-state index contributed by atoms with van der Waals surface area (Å²) >= 11 is 1.63. The van der Waals surface area contributed by atoms with Gasteiger partial charge in [-0.15, -0.1) is 23.7 Å². The first-order valence-corrected chi connectivity index (χ1v) is 9.18. The number of aromatic nitrogens is 2. The zero-order valence-electron chi connectivity index (χ0n) is 13.5. The predicted molar refractivity (Wildman–Crippen MR) is 95.6 cm³/mol. The predicted octanol–water partition coefficient (Wildman–Crippen LogP) is 2.59. The first kappa shape index (κ1) is 17.8. The van der Waals surface area contributed by atoms with Crippen LogP contribution in [0.15, 0.2) is 22.0 Å². The van der Waals surface area contributed by atoms with Gasteiger partial charge in [-0.05, 0) is 43.3 Å². The number of nitrogens with one attached hydrogen (secondary N) is 1. The van der Waals surface area contributed by atoms with E-state index in [1.165, 1.54) is 12.8 Å². The lowest BCUT2D eigenvalue weighted by atomic mass is 9.98. The molecule has 0 aliphatic carbocycles. The molecule has 0 saturated carbocycles. The fourth-order valence-electron chi connectivity index (χ4n) is 3.37. The average Bonchev–Trinajstić information content (AvgIpc) is 3.28. The molecule has 2 aliphatic heterocycles. The van der Waals surface area contributed by atoms with Crippen LogP contribution in [0.25, 0.3) is 10.7 Å². The van der Waals surface area contributed by atoms with Gasteiger partial charge < -0.3 is 14.6 Å². The summed E-state index contributed by atoms with van der Waals surface area (Å²) in [6.07, 6.45) is 2.56. The molecule has 132 valence electrons. The molecule has 2 aliphatic rings. The highest BCUT2D eigenvalue weighted by molar-refractivity contribution is 7.13. The Morgan fingerprint density at radius 1 is 1.42 bits per heavy atom. The fraction of sp³-hybridized carbons (Fsp3) is 0.625. The van der Waals surface area contributed by atoms with Crippen molar-refractivity contribution in [2.24, 2.45) is 5.92 Å². The van der Waals surface area contributed by atoms with Crippen LogP contribution >= 0.6 is 23.7 Å². The summed E-state index contributed by atoms with van der Waals surface area (Å²) in [7, 11) is 0. The third-order valence-electron chi connectivity index (χ3n) is 4.60. The van der Waals surface area contributed by atoms with Crippen molar-refractivity contribution in [3.05, 3.63) is 23.4 Å². The third kappa shape index (κ3) is 3.97. The molecule has 0 spiro atoms. The van der Waals surface area contributed by atoms with E-state index in [-0.39, 0.29) is 18.4 Å². The molecule has 6 nitrogen and oxygen atoms in total. The monoisotopic (exact) mass is 370 g/mol. The van der Waals surface area contributed by atoms with Crippen molar-refractivity contribution in [3.63, 3.8) is 0 Å². The van der Waals surface area contributed by atoms with Gasteiger partial charge in [-0.3, -0.25) is 4.90 Å². The van der Waals surface area contributed by atoms with Crippen molar-refractivity contribution in [1.29, 1.82) is 0 Å². The van der Waals surface area contributed by atoms with Gasteiger partial charge >= 0.3 is 0 Å². The normalized spacial score (nSPS) is 25.3. The van der Waals surface area contributed by atoms with Gasteiger partial charge in [0.1, 0.15) is 6.04 Å². The van der Waals surface area contributed by atoms with Gasteiger partial charge in [0.2, 0.25) is 11.7 Å². The zero-order valence-corrected chi connectivity index (χ0v) is 15.2. The van der Waals surface area contributed by atoms with Crippen LogP contribution in [-0.2, 0) is 4.74 Å². The zero-order chi connectivity index (χ0) is 15.5. The molecular weight excluding hydrogens is 348 g/mol. The van der Waals surface area contributed by atoms with Gasteiger partial charge in [-0.1, -0.05) is 11.2 Å². The van der Waals surface area contributed by atoms with Crippen molar-refractivity contribution in [2.75, 3.05) is 39.4 Å². The summed E-state index contributed by atoms with van der Waals surface area (Å²) in [6, 6.07) is 4.09. The van der Waals surface area contributed by atoms with Crippen molar-refractivity contribution >= 4 is 23.7 Å². The maximum atomic E-state index is 5.67. The molecule has 24 heavy (non-hydrogen) atoms. The van der Waals surface area contributed by atoms with Crippen LogP contribution < -0.4 is 5.32 Å². The standard InChI is InChI=1S/C16H22N4O2S.ClH/c1-3-12(9-17-5-1)10-20-6-7-21-11-13(20)16-18-15(19-22-16)14-4-2-8-23-14;/h2,4,8,12-13,17H,1,3,5-7,9-11H2;1H. The summed E-state index contributed by atoms with van der Waals surface area (Å²) in [5, 5.41) is 9.66. The van der Waals surface area contributed by atoms with Crippen molar-refractivity contribution in [1.82, 2.24) is 20.4 Å². The Labute approximate surface area is 152 Å². The number of thiophene rings is 1. The Hall–Kier alpha value is -0.990. The maximum Gasteiger partial charge on any atom is 0.246 e. The van der Waals surface area contributed by atoms with Gasteiger partial charge in [0, 0.05) is 13.1 Å². The number of morpholine rings is 1. The fourth-order valence-corrected chi connectivity index (χ4v) is 4.02. The van der Waals surface area contributed by atoms with Gasteiger partial charge in [0.15, 0.2) is 0 Å². The molecule has 0 radical (unpaired) electrons. The molecule has 2 aromatic heterocycles. The Bertz CT molecular complexity index is 615. The summed E-state index contributed by atoms with van der Waals surface area (Å²) < 4.78 is 11.2. The molecule has 0 amide bonds. The van der Waals surface area contributed by atoms with E-state index in [0.29, 0.717) is 24.2 Å². The van der Waals surface area contributed by atoms with E-state index in [1.54, 1.807) is 11.3 Å². The van der Waals surface area contributed by atoms with E-state index in [9.17, 15) is 0 Å². The Morgan fingerprint density at radius 3 is 3.17 bits per heavy atom. The van der Waals surface area contributed by atoms with Crippen molar-refractivity contribution in [2.45, 2.75) is 18.9 Å². The van der Waals surface area contributed by atoms with E-state index < -0.39 is 0 Å². The summed E-state index contributed by atoms with van der Waals surface area (Å²) in [6.45, 7) is 5.66. The lowest BCUT2D eigenvalue weighted by Gasteiger charge is -2.36. The van der Waals surface area contributed by atoms with Crippen LogP contribution in [0.4, 0.5) is 0 Å². The van der Waals surface area contributed by atoms with E-state index in [4.69, 9.17) is 9.26 Å². The third-order valence-corrected chi connectivity index (χ3v) is 5.47. The molecule has 2 fully saturated rings. The number of nitrogens with zero attached hydrogens (tertiary/aromatic N) is 3. The minimum absolute atomic E-state index is 0. The van der Waals surface area contributed by atoms with E-state index in [2.05, 4.69) is 20.4 Å². The Morgan fingerprint density at radius 2 is 2.38 bits per heavy atom. The molecular formula is C16H23ClN4O2S. The van der Waals surface area contributed by atoms with Gasteiger partial charge in [-0.25, -0.2) is 0 Å². The second-order valence-electron chi connectivity index (χ2n) is 6.23. The largest absolute Gasteiger partial charge is 0.378 e. The quantitative estimate of drug-likeness (QED) is 0.892. The van der Waals surface area contributed by atoms with Crippen molar-refractivity contribution in [3.8, 4) is 10.7 Å². The molecule has 4 rings (SSSR count). The van der Waals surface area contributed by atoms with Crippen molar-refractivity contribution < 1.29 is 9.26 Å². The minimum Gasteiger partial charge on any atom is -0.378 e. The second kappa shape index (κ2) is 8.40. The highest BCUT2D eigenvalue weighted by Gasteiger charge is 2.31. The number of rotatable bonds is 4. The van der Waals surface area contributed by atoms with Crippen LogP contribution in [0.2, 0.25) is 0 Å². The van der Waals surface area contributed by atoms with Crippen LogP contribution in [0.3, 0.4) is 0 Å². The number of hydrogen-bond acceptors (Lipinski definition) is 7. The van der Waals surface area contributed by atoms with Gasteiger partial charge in [-0.2, -0.15) is 4.98 Å². The minimum atomic E-state index is 0. The number of piperidine rings is 1. The van der Waals surface area contributed by atoms with Crippen LogP contribution in [0.1, 0.15) is 24.8 Å². The Kier molecular flexibility index (Phi) is 6.24. The smallest absolute Gasteiger partial charge is 0.246 e. The van der Waals surface area contributed by atoms with E-state index in [1.807, 2.05) is 17.5 Å². The van der Waals surface area contributed by atoms with E-state index >= 15 is 0 Å². The van der Waals surface area contributed by atoms with Crippen LogP contribution in [0, 0.1) is 5.92 Å². The number of hydrogen-bond donors (Lipinski definition) is 1. The van der Waals surface area contributed by atoms with Gasteiger partial charge in [0.05, 0.1) is 18.1 Å². The molecule has 2 unspecified atom stereocenters. The van der Waals surface area contributed by atoms with E-state index in [0.717, 1.165) is 37.7 Å². The van der Waals surface area contributed by atoms with Gasteiger partial charge in [0.25, 0.3) is 0 Å². The molecule has 1 N–H and O–H groups in total.